The second-order valence-electron chi connectivity index (χ2n) is 8.11. The molecule has 0 aliphatic carbocycles. The number of piperidine rings is 1. The van der Waals surface area contributed by atoms with Crippen molar-refractivity contribution in [2.24, 2.45) is 0 Å². The number of hydrogen-bond donors (Lipinski definition) is 0. The zero-order valence-corrected chi connectivity index (χ0v) is 15.9. The summed E-state index contributed by atoms with van der Waals surface area (Å²) in [4.78, 5) is 7.71. The van der Waals surface area contributed by atoms with E-state index in [0.717, 1.165) is 44.7 Å². The van der Waals surface area contributed by atoms with Crippen LogP contribution in [0.2, 0.25) is 0 Å². The first-order valence-electron chi connectivity index (χ1n) is 10.1. The molecule has 2 aromatic rings. The summed E-state index contributed by atoms with van der Waals surface area (Å²) in [7, 11) is 2.22. The third kappa shape index (κ3) is 2.69. The molecule has 3 aliphatic heterocycles. The number of fused-ring (bicyclic) bond motifs is 3. The Morgan fingerprint density at radius 1 is 1.07 bits per heavy atom. The minimum absolute atomic E-state index is 0.617. The summed E-state index contributed by atoms with van der Waals surface area (Å²) in [6.45, 7) is 5.60. The average Bonchev–Trinajstić information content (AvgIpc) is 3.04. The van der Waals surface area contributed by atoms with Crippen LogP contribution >= 0.6 is 0 Å². The molecule has 0 radical (unpaired) electrons. The zero-order chi connectivity index (χ0) is 18.4. The Kier molecular flexibility index (Phi) is 4.06. The molecule has 0 aromatic heterocycles. The number of nitrogens with zero attached hydrogens (tertiary/aromatic N) is 4. The van der Waals surface area contributed by atoms with Crippen LogP contribution in [0.15, 0.2) is 42.5 Å². The fourth-order valence-corrected chi connectivity index (χ4v) is 5.31. The molecule has 138 valence electrons. The van der Waals surface area contributed by atoms with Gasteiger partial charge in [0.2, 0.25) is 0 Å². The van der Waals surface area contributed by atoms with Gasteiger partial charge in [-0.3, -0.25) is 0 Å². The maximum absolute atomic E-state index is 9.32. The summed E-state index contributed by atoms with van der Waals surface area (Å²) < 4.78 is 0. The van der Waals surface area contributed by atoms with Crippen LogP contribution in [-0.2, 0) is 6.42 Å². The number of rotatable bonds is 3. The predicted molar refractivity (Wildman–Crippen MR) is 110 cm³/mol. The van der Waals surface area contributed by atoms with E-state index in [2.05, 4.69) is 52.1 Å². The van der Waals surface area contributed by atoms with E-state index >= 15 is 0 Å². The molecule has 27 heavy (non-hydrogen) atoms. The largest absolute Gasteiger partial charge is 0.371 e. The van der Waals surface area contributed by atoms with Crippen LogP contribution in [-0.4, -0.2) is 50.7 Å². The van der Waals surface area contributed by atoms with Gasteiger partial charge in [-0.25, -0.2) is 0 Å². The van der Waals surface area contributed by atoms with Gasteiger partial charge in [-0.1, -0.05) is 30.3 Å². The Hall–Kier alpha value is -2.51. The van der Waals surface area contributed by atoms with E-state index in [0.29, 0.717) is 12.0 Å². The van der Waals surface area contributed by atoms with Crippen LogP contribution in [0.5, 0.6) is 0 Å². The van der Waals surface area contributed by atoms with Gasteiger partial charge in [0.15, 0.2) is 0 Å². The molecule has 0 saturated carbocycles. The molecule has 1 fully saturated rings. The van der Waals surface area contributed by atoms with Crippen LogP contribution in [0, 0.1) is 11.3 Å². The lowest BCUT2D eigenvalue weighted by atomic mass is 9.88. The van der Waals surface area contributed by atoms with E-state index in [9.17, 15) is 5.26 Å². The third-order valence-electron chi connectivity index (χ3n) is 6.72. The van der Waals surface area contributed by atoms with Crippen molar-refractivity contribution in [3.05, 3.63) is 59.2 Å². The van der Waals surface area contributed by atoms with Crippen LogP contribution in [0.25, 0.3) is 0 Å². The fraction of sp³-hybridized carbons (Fsp3) is 0.435. The Labute approximate surface area is 161 Å². The van der Waals surface area contributed by atoms with Gasteiger partial charge in [0, 0.05) is 51.7 Å². The Morgan fingerprint density at radius 2 is 1.96 bits per heavy atom. The zero-order valence-electron chi connectivity index (χ0n) is 15.9. The van der Waals surface area contributed by atoms with Crippen molar-refractivity contribution >= 4 is 11.4 Å². The molecule has 2 atom stereocenters. The average molecular weight is 358 g/mol. The van der Waals surface area contributed by atoms with E-state index in [-0.39, 0.29) is 0 Å². The van der Waals surface area contributed by atoms with Gasteiger partial charge in [0.1, 0.15) is 0 Å². The Bertz CT molecular complexity index is 899. The van der Waals surface area contributed by atoms with Gasteiger partial charge in [0.05, 0.1) is 23.0 Å². The van der Waals surface area contributed by atoms with Crippen molar-refractivity contribution in [2.75, 3.05) is 49.6 Å². The van der Waals surface area contributed by atoms with Gasteiger partial charge < -0.3 is 14.7 Å². The van der Waals surface area contributed by atoms with Crippen molar-refractivity contribution in [2.45, 2.75) is 24.8 Å². The molecule has 3 aliphatic rings. The standard InChI is InChI=1S/C23H26N4/c1-25-13-14-27-21-10-12-26(11-9-17-5-2-3-6-18(17)15-24)16-20(21)19-7-4-8-22(25)23(19)27/h2-8,20-21H,9-14,16H2,1H3/t20-,21-/m0/s1. The molecule has 0 bridgehead atoms. The van der Waals surface area contributed by atoms with Crippen LogP contribution in [0.4, 0.5) is 11.4 Å². The second kappa shape index (κ2) is 6.58. The summed E-state index contributed by atoms with van der Waals surface area (Å²) in [5, 5.41) is 9.32. The lowest BCUT2D eigenvalue weighted by Gasteiger charge is -2.41. The van der Waals surface area contributed by atoms with E-state index in [1.165, 1.54) is 23.4 Å². The highest BCUT2D eigenvalue weighted by Gasteiger charge is 2.44. The minimum atomic E-state index is 0.617. The minimum Gasteiger partial charge on any atom is -0.371 e. The molecule has 4 heteroatoms. The monoisotopic (exact) mass is 358 g/mol. The SMILES string of the molecule is CN1CCN2c3c(cccc31)[C@@H]1CN(CCc3ccccc3C#N)CC[C@@H]12. The molecular formula is C23H26N4. The van der Waals surface area contributed by atoms with Gasteiger partial charge >= 0.3 is 0 Å². The Balaban J connectivity index is 1.35. The second-order valence-corrected chi connectivity index (χ2v) is 8.11. The first-order chi connectivity index (χ1) is 13.3. The molecular weight excluding hydrogens is 332 g/mol. The highest BCUT2D eigenvalue weighted by Crippen LogP contribution is 2.50. The number of benzene rings is 2. The van der Waals surface area contributed by atoms with Gasteiger partial charge in [-0.05, 0) is 36.1 Å². The molecule has 3 heterocycles. The summed E-state index contributed by atoms with van der Waals surface area (Å²) >= 11 is 0. The number of hydrogen-bond acceptors (Lipinski definition) is 4. The van der Waals surface area contributed by atoms with E-state index in [1.807, 2.05) is 18.2 Å². The van der Waals surface area contributed by atoms with Gasteiger partial charge in [-0.15, -0.1) is 0 Å². The number of likely N-dealkylation sites (N-methyl/N-ethyl adjacent to an activating group) is 1. The number of nitriles is 1. The van der Waals surface area contributed by atoms with Crippen molar-refractivity contribution in [1.29, 1.82) is 5.26 Å². The van der Waals surface area contributed by atoms with E-state index < -0.39 is 0 Å². The molecule has 0 amide bonds. The van der Waals surface area contributed by atoms with Crippen LogP contribution < -0.4 is 9.80 Å². The molecule has 0 N–H and O–H groups in total. The first kappa shape index (κ1) is 16.6. The summed E-state index contributed by atoms with van der Waals surface area (Å²) in [5.74, 6) is 0.617. The molecule has 2 aromatic carbocycles. The highest BCUT2D eigenvalue weighted by atomic mass is 15.3. The summed E-state index contributed by atoms with van der Waals surface area (Å²) in [5.41, 5.74) is 6.45. The Morgan fingerprint density at radius 3 is 2.85 bits per heavy atom. The van der Waals surface area contributed by atoms with Gasteiger partial charge in [0.25, 0.3) is 0 Å². The normalized spacial score (nSPS) is 23.7. The van der Waals surface area contributed by atoms with Crippen molar-refractivity contribution in [3.8, 4) is 6.07 Å². The van der Waals surface area contributed by atoms with Gasteiger partial charge in [-0.2, -0.15) is 5.26 Å². The molecule has 5 rings (SSSR count). The predicted octanol–water partition coefficient (Wildman–Crippen LogP) is 3.23. The first-order valence-corrected chi connectivity index (χ1v) is 10.1. The third-order valence-corrected chi connectivity index (χ3v) is 6.72. The lowest BCUT2D eigenvalue weighted by Crippen LogP contribution is -2.49. The number of anilines is 2. The molecule has 0 spiro atoms. The van der Waals surface area contributed by atoms with Crippen LogP contribution in [0.1, 0.15) is 29.0 Å². The molecule has 1 saturated heterocycles. The van der Waals surface area contributed by atoms with E-state index in [4.69, 9.17) is 0 Å². The number of likely N-dealkylation sites (tertiary alicyclic amines) is 1. The lowest BCUT2D eigenvalue weighted by molar-refractivity contribution is 0.195. The topological polar surface area (TPSA) is 33.5 Å². The maximum atomic E-state index is 9.32. The highest BCUT2D eigenvalue weighted by molar-refractivity contribution is 5.80. The van der Waals surface area contributed by atoms with Crippen molar-refractivity contribution < 1.29 is 0 Å². The quantitative estimate of drug-likeness (QED) is 0.844. The number of para-hydroxylation sites is 1. The molecule has 0 unspecified atom stereocenters. The maximum Gasteiger partial charge on any atom is 0.0994 e. The summed E-state index contributed by atoms with van der Waals surface area (Å²) in [6, 6.07) is 17.9. The summed E-state index contributed by atoms with van der Waals surface area (Å²) in [6.07, 6.45) is 2.20. The van der Waals surface area contributed by atoms with Crippen LogP contribution in [0.3, 0.4) is 0 Å². The fourth-order valence-electron chi connectivity index (χ4n) is 5.31. The van der Waals surface area contributed by atoms with Crippen molar-refractivity contribution in [1.82, 2.24) is 4.90 Å². The van der Waals surface area contributed by atoms with Crippen molar-refractivity contribution in [3.63, 3.8) is 0 Å². The smallest absolute Gasteiger partial charge is 0.0994 e. The molecule has 4 nitrogen and oxygen atoms in total. The van der Waals surface area contributed by atoms with E-state index in [1.54, 1.807) is 5.56 Å².